The van der Waals surface area contributed by atoms with Crippen LogP contribution in [0, 0.1) is 0 Å². The van der Waals surface area contributed by atoms with Crippen LogP contribution in [0.1, 0.15) is 43.4 Å². The molecule has 2 atom stereocenters. The summed E-state index contributed by atoms with van der Waals surface area (Å²) in [5.74, 6) is 0.455. The SMILES string of the molecule is CCC(C)c1ccc(C(N)CO)cc1Cl. The van der Waals surface area contributed by atoms with E-state index in [1.165, 1.54) is 0 Å². The van der Waals surface area contributed by atoms with Crippen LogP contribution in [0.3, 0.4) is 0 Å². The average Bonchev–Trinajstić information content (AvgIpc) is 2.26. The Bertz CT molecular complexity index is 327. The normalized spacial score (nSPS) is 15.0. The van der Waals surface area contributed by atoms with E-state index in [0.717, 1.165) is 22.6 Å². The third-order valence-corrected chi connectivity index (χ3v) is 3.12. The van der Waals surface area contributed by atoms with Gasteiger partial charge in [0.1, 0.15) is 0 Å². The fourth-order valence-corrected chi connectivity index (χ4v) is 1.87. The third kappa shape index (κ3) is 2.94. The van der Waals surface area contributed by atoms with Gasteiger partial charge in [0.05, 0.1) is 12.6 Å². The molecule has 0 saturated carbocycles. The van der Waals surface area contributed by atoms with Crippen LogP contribution in [-0.4, -0.2) is 11.7 Å². The Morgan fingerprint density at radius 1 is 1.47 bits per heavy atom. The molecule has 0 spiro atoms. The first-order valence-electron chi connectivity index (χ1n) is 5.25. The lowest BCUT2D eigenvalue weighted by Crippen LogP contribution is -2.14. The van der Waals surface area contributed by atoms with Crippen molar-refractivity contribution in [3.8, 4) is 0 Å². The number of nitrogens with two attached hydrogens (primary N) is 1. The van der Waals surface area contributed by atoms with Crippen molar-refractivity contribution in [3.63, 3.8) is 0 Å². The number of halogens is 1. The summed E-state index contributed by atoms with van der Waals surface area (Å²) in [4.78, 5) is 0. The van der Waals surface area contributed by atoms with E-state index < -0.39 is 0 Å². The second-order valence-corrected chi connectivity index (χ2v) is 4.29. The molecule has 0 bridgehead atoms. The van der Waals surface area contributed by atoms with Gasteiger partial charge in [0.2, 0.25) is 0 Å². The first-order chi connectivity index (χ1) is 7.10. The first kappa shape index (κ1) is 12.5. The van der Waals surface area contributed by atoms with Gasteiger partial charge in [-0.1, -0.05) is 37.6 Å². The number of benzene rings is 1. The monoisotopic (exact) mass is 227 g/mol. The molecule has 0 fully saturated rings. The number of hydrogen-bond donors (Lipinski definition) is 2. The Hall–Kier alpha value is -0.570. The Balaban J connectivity index is 2.97. The summed E-state index contributed by atoms with van der Waals surface area (Å²) in [6.45, 7) is 4.22. The summed E-state index contributed by atoms with van der Waals surface area (Å²) in [6, 6.07) is 5.45. The van der Waals surface area contributed by atoms with Gasteiger partial charge in [-0.3, -0.25) is 0 Å². The lowest BCUT2D eigenvalue weighted by molar-refractivity contribution is 0.268. The van der Waals surface area contributed by atoms with Gasteiger partial charge >= 0.3 is 0 Å². The molecule has 0 aliphatic rings. The van der Waals surface area contributed by atoms with Crippen LogP contribution in [0.2, 0.25) is 5.02 Å². The molecule has 0 radical (unpaired) electrons. The van der Waals surface area contributed by atoms with Crippen molar-refractivity contribution in [2.75, 3.05) is 6.61 Å². The van der Waals surface area contributed by atoms with Gasteiger partial charge in [0, 0.05) is 5.02 Å². The third-order valence-electron chi connectivity index (χ3n) is 2.79. The Morgan fingerprint density at radius 3 is 2.60 bits per heavy atom. The molecule has 0 amide bonds. The van der Waals surface area contributed by atoms with Crippen LogP contribution in [0.4, 0.5) is 0 Å². The molecule has 0 aliphatic carbocycles. The highest BCUT2D eigenvalue weighted by atomic mass is 35.5. The van der Waals surface area contributed by atoms with Crippen molar-refractivity contribution in [3.05, 3.63) is 34.3 Å². The molecule has 3 heteroatoms. The number of aliphatic hydroxyl groups excluding tert-OH is 1. The van der Waals surface area contributed by atoms with Crippen LogP contribution < -0.4 is 5.73 Å². The maximum absolute atomic E-state index is 8.94. The molecule has 0 aromatic heterocycles. The zero-order chi connectivity index (χ0) is 11.4. The second kappa shape index (κ2) is 5.50. The predicted octanol–water partition coefficient (Wildman–Crippen LogP) is 2.85. The Labute approximate surface area is 96.1 Å². The van der Waals surface area contributed by atoms with Gasteiger partial charge in [0.25, 0.3) is 0 Å². The lowest BCUT2D eigenvalue weighted by atomic mass is 9.96. The fourth-order valence-electron chi connectivity index (χ4n) is 1.50. The molecule has 0 saturated heterocycles. The van der Waals surface area contributed by atoms with E-state index in [0.29, 0.717) is 5.92 Å². The molecule has 1 rings (SSSR count). The highest BCUT2D eigenvalue weighted by molar-refractivity contribution is 6.31. The quantitative estimate of drug-likeness (QED) is 0.831. The van der Waals surface area contributed by atoms with E-state index >= 15 is 0 Å². The fraction of sp³-hybridized carbons (Fsp3) is 0.500. The van der Waals surface area contributed by atoms with Crippen molar-refractivity contribution < 1.29 is 5.11 Å². The minimum Gasteiger partial charge on any atom is -0.394 e. The first-order valence-corrected chi connectivity index (χ1v) is 5.63. The topological polar surface area (TPSA) is 46.2 Å². The predicted molar refractivity (Wildman–Crippen MR) is 64.2 cm³/mol. The minimum atomic E-state index is -0.339. The van der Waals surface area contributed by atoms with Crippen molar-refractivity contribution in [1.29, 1.82) is 0 Å². The van der Waals surface area contributed by atoms with Crippen molar-refractivity contribution in [2.24, 2.45) is 5.73 Å². The molecule has 1 aromatic rings. The van der Waals surface area contributed by atoms with Gasteiger partial charge in [-0.05, 0) is 29.5 Å². The van der Waals surface area contributed by atoms with Crippen LogP contribution in [0.5, 0.6) is 0 Å². The maximum Gasteiger partial charge on any atom is 0.0624 e. The van der Waals surface area contributed by atoms with Gasteiger partial charge in [-0.2, -0.15) is 0 Å². The molecule has 84 valence electrons. The van der Waals surface area contributed by atoms with E-state index in [2.05, 4.69) is 13.8 Å². The summed E-state index contributed by atoms with van der Waals surface area (Å²) in [5, 5.41) is 9.68. The van der Waals surface area contributed by atoms with E-state index in [4.69, 9.17) is 22.4 Å². The molecular weight excluding hydrogens is 210 g/mol. The van der Waals surface area contributed by atoms with Crippen molar-refractivity contribution >= 4 is 11.6 Å². The van der Waals surface area contributed by atoms with Crippen molar-refractivity contribution in [2.45, 2.75) is 32.2 Å². The molecular formula is C12H18ClNO. The van der Waals surface area contributed by atoms with Crippen LogP contribution in [0.25, 0.3) is 0 Å². The van der Waals surface area contributed by atoms with Crippen LogP contribution in [0.15, 0.2) is 18.2 Å². The second-order valence-electron chi connectivity index (χ2n) is 3.88. The number of aliphatic hydroxyl groups is 1. The van der Waals surface area contributed by atoms with E-state index in [1.54, 1.807) is 0 Å². The van der Waals surface area contributed by atoms with Crippen molar-refractivity contribution in [1.82, 2.24) is 0 Å². The number of hydrogen-bond acceptors (Lipinski definition) is 2. The molecule has 15 heavy (non-hydrogen) atoms. The Morgan fingerprint density at radius 2 is 2.13 bits per heavy atom. The van der Waals surface area contributed by atoms with E-state index in [1.807, 2.05) is 18.2 Å². The molecule has 2 unspecified atom stereocenters. The summed E-state index contributed by atoms with van der Waals surface area (Å²) in [6.07, 6.45) is 1.06. The van der Waals surface area contributed by atoms with Gasteiger partial charge in [-0.15, -0.1) is 0 Å². The smallest absolute Gasteiger partial charge is 0.0624 e. The zero-order valence-corrected chi connectivity index (χ0v) is 9.96. The Kier molecular flexibility index (Phi) is 4.58. The summed E-state index contributed by atoms with van der Waals surface area (Å²) >= 11 is 6.17. The molecule has 3 N–H and O–H groups in total. The summed E-state index contributed by atoms with van der Waals surface area (Å²) in [5.41, 5.74) is 7.74. The summed E-state index contributed by atoms with van der Waals surface area (Å²) in [7, 11) is 0. The largest absolute Gasteiger partial charge is 0.394 e. The zero-order valence-electron chi connectivity index (χ0n) is 9.20. The molecule has 1 aromatic carbocycles. The highest BCUT2D eigenvalue weighted by Crippen LogP contribution is 2.28. The number of rotatable bonds is 4. The van der Waals surface area contributed by atoms with Gasteiger partial charge < -0.3 is 10.8 Å². The van der Waals surface area contributed by atoms with Crippen LogP contribution >= 0.6 is 11.6 Å². The molecule has 2 nitrogen and oxygen atoms in total. The standard InChI is InChI=1S/C12H18ClNO/c1-3-8(2)10-5-4-9(6-11(10)13)12(14)7-15/h4-6,8,12,15H,3,7,14H2,1-2H3. The van der Waals surface area contributed by atoms with E-state index in [9.17, 15) is 0 Å². The minimum absolute atomic E-state index is 0.0565. The average molecular weight is 228 g/mol. The van der Waals surface area contributed by atoms with E-state index in [-0.39, 0.29) is 12.6 Å². The highest BCUT2D eigenvalue weighted by Gasteiger charge is 2.11. The summed E-state index contributed by atoms with van der Waals surface area (Å²) < 4.78 is 0. The van der Waals surface area contributed by atoms with Crippen LogP contribution in [-0.2, 0) is 0 Å². The van der Waals surface area contributed by atoms with Gasteiger partial charge in [-0.25, -0.2) is 0 Å². The van der Waals surface area contributed by atoms with Gasteiger partial charge in [0.15, 0.2) is 0 Å². The molecule has 0 heterocycles. The maximum atomic E-state index is 8.94. The molecule has 0 aliphatic heterocycles. The lowest BCUT2D eigenvalue weighted by Gasteiger charge is -2.14.